The van der Waals surface area contributed by atoms with Crippen molar-refractivity contribution in [3.8, 4) is 0 Å². The zero-order valence-corrected chi connectivity index (χ0v) is 13.2. The van der Waals surface area contributed by atoms with E-state index < -0.39 is 8.25 Å². The Morgan fingerprint density at radius 3 is 1.72 bits per heavy atom. The first-order valence-electron chi connectivity index (χ1n) is 7.60. The first kappa shape index (κ1) is 18.1. The van der Waals surface area contributed by atoms with E-state index in [1.807, 2.05) is 6.92 Å². The van der Waals surface area contributed by atoms with E-state index in [-0.39, 0.29) is 0 Å². The third-order valence-corrected chi connectivity index (χ3v) is 3.94. The number of hydrogen-bond donors (Lipinski definition) is 0. The lowest BCUT2D eigenvalue weighted by Gasteiger charge is -2.04. The van der Waals surface area contributed by atoms with Crippen LogP contribution < -0.4 is 0 Å². The van der Waals surface area contributed by atoms with Crippen LogP contribution >= 0.6 is 8.25 Å². The molecule has 0 N–H and O–H groups in total. The molecular weight excluding hydrogens is 247 g/mol. The molecule has 0 heterocycles. The fraction of sp³-hybridized carbons (Fsp3) is 1.00. The standard InChI is InChI=1S/C14H31O3P/c1-3-5-6-7-8-9-10-11-12-13-14-17-18(15)16-4-2/h18H,3-14H2,1-2H3. The second kappa shape index (κ2) is 15.2. The van der Waals surface area contributed by atoms with Gasteiger partial charge in [-0.3, -0.25) is 4.57 Å². The summed E-state index contributed by atoms with van der Waals surface area (Å²) in [5.41, 5.74) is 0. The van der Waals surface area contributed by atoms with Crippen LogP contribution in [0.3, 0.4) is 0 Å². The Hall–Kier alpha value is 0.150. The second-order valence-corrected chi connectivity index (χ2v) is 5.79. The van der Waals surface area contributed by atoms with E-state index >= 15 is 0 Å². The lowest BCUT2D eigenvalue weighted by atomic mass is 10.1. The average molecular weight is 278 g/mol. The third kappa shape index (κ3) is 14.2. The highest BCUT2D eigenvalue weighted by Crippen LogP contribution is 2.23. The van der Waals surface area contributed by atoms with Crippen LogP contribution in [0.4, 0.5) is 0 Å². The van der Waals surface area contributed by atoms with Crippen molar-refractivity contribution in [1.29, 1.82) is 0 Å². The van der Waals surface area contributed by atoms with Crippen LogP contribution in [0.1, 0.15) is 78.1 Å². The smallest absolute Gasteiger partial charge is 0.311 e. The fourth-order valence-corrected chi connectivity index (χ4v) is 2.53. The predicted octanol–water partition coefficient (Wildman–Crippen LogP) is 5.35. The van der Waals surface area contributed by atoms with Crippen LogP contribution in [0, 0.1) is 0 Å². The van der Waals surface area contributed by atoms with Gasteiger partial charge in [0.15, 0.2) is 0 Å². The maximum Gasteiger partial charge on any atom is 0.319 e. The van der Waals surface area contributed by atoms with Crippen LogP contribution in [-0.4, -0.2) is 13.2 Å². The minimum absolute atomic E-state index is 0.468. The normalized spacial score (nSPS) is 12.8. The Balaban J connectivity index is 3.01. The van der Waals surface area contributed by atoms with Crippen molar-refractivity contribution in [2.24, 2.45) is 0 Å². The summed E-state index contributed by atoms with van der Waals surface area (Å²) in [5.74, 6) is 0. The predicted molar refractivity (Wildman–Crippen MR) is 78.4 cm³/mol. The Labute approximate surface area is 114 Å². The molecule has 0 fully saturated rings. The van der Waals surface area contributed by atoms with Crippen molar-refractivity contribution < 1.29 is 13.6 Å². The molecule has 0 saturated carbocycles. The zero-order valence-electron chi connectivity index (χ0n) is 12.2. The largest absolute Gasteiger partial charge is 0.319 e. The van der Waals surface area contributed by atoms with Crippen molar-refractivity contribution >= 4 is 8.25 Å². The lowest BCUT2D eigenvalue weighted by molar-refractivity contribution is 0.229. The van der Waals surface area contributed by atoms with Crippen LogP contribution in [0.15, 0.2) is 0 Å². The van der Waals surface area contributed by atoms with Crippen molar-refractivity contribution in [2.75, 3.05) is 13.2 Å². The molecule has 0 aromatic carbocycles. The van der Waals surface area contributed by atoms with Gasteiger partial charge in [0.2, 0.25) is 0 Å². The molecule has 0 aliphatic heterocycles. The summed E-state index contributed by atoms with van der Waals surface area (Å²) in [6.07, 6.45) is 13.0. The highest BCUT2D eigenvalue weighted by Gasteiger charge is 1.97. The highest BCUT2D eigenvalue weighted by atomic mass is 31.1. The molecule has 0 aliphatic rings. The molecule has 1 unspecified atom stereocenters. The Bertz CT molecular complexity index is 186. The highest BCUT2D eigenvalue weighted by molar-refractivity contribution is 7.33. The topological polar surface area (TPSA) is 35.5 Å². The molecule has 0 aliphatic carbocycles. The molecule has 0 rings (SSSR count). The minimum atomic E-state index is -2.20. The van der Waals surface area contributed by atoms with Gasteiger partial charge in [-0.05, 0) is 13.3 Å². The summed E-state index contributed by atoms with van der Waals surface area (Å²) in [4.78, 5) is 0. The maximum atomic E-state index is 11.0. The second-order valence-electron chi connectivity index (χ2n) is 4.71. The van der Waals surface area contributed by atoms with E-state index in [1.165, 1.54) is 57.8 Å². The van der Waals surface area contributed by atoms with Gasteiger partial charge in [0.1, 0.15) is 0 Å². The molecule has 0 aromatic heterocycles. The molecule has 0 spiro atoms. The summed E-state index contributed by atoms with van der Waals surface area (Å²) < 4.78 is 21.0. The number of unbranched alkanes of at least 4 members (excludes halogenated alkanes) is 9. The van der Waals surface area contributed by atoms with Gasteiger partial charge in [0.05, 0.1) is 13.2 Å². The summed E-state index contributed by atoms with van der Waals surface area (Å²) in [7, 11) is -2.20. The Morgan fingerprint density at radius 2 is 1.22 bits per heavy atom. The summed E-state index contributed by atoms with van der Waals surface area (Å²) in [6.45, 7) is 5.12. The number of hydrogen-bond acceptors (Lipinski definition) is 3. The van der Waals surface area contributed by atoms with Gasteiger partial charge in [-0.1, -0.05) is 64.7 Å². The van der Waals surface area contributed by atoms with Gasteiger partial charge in [0, 0.05) is 0 Å². The molecular formula is C14H31O3P. The lowest BCUT2D eigenvalue weighted by Crippen LogP contribution is -1.89. The van der Waals surface area contributed by atoms with Gasteiger partial charge < -0.3 is 9.05 Å². The zero-order chi connectivity index (χ0) is 13.5. The van der Waals surface area contributed by atoms with E-state index in [0.29, 0.717) is 13.2 Å². The maximum absolute atomic E-state index is 11.0. The monoisotopic (exact) mass is 278 g/mol. The van der Waals surface area contributed by atoms with Crippen molar-refractivity contribution in [2.45, 2.75) is 78.1 Å². The fourth-order valence-electron chi connectivity index (χ4n) is 1.90. The minimum Gasteiger partial charge on any atom is -0.311 e. The Kier molecular flexibility index (Phi) is 15.3. The first-order valence-corrected chi connectivity index (χ1v) is 8.83. The summed E-state index contributed by atoms with van der Waals surface area (Å²) in [6, 6.07) is 0. The van der Waals surface area contributed by atoms with E-state index in [0.717, 1.165) is 6.42 Å². The van der Waals surface area contributed by atoms with Gasteiger partial charge in [-0.25, -0.2) is 0 Å². The van der Waals surface area contributed by atoms with Crippen molar-refractivity contribution in [3.63, 3.8) is 0 Å². The van der Waals surface area contributed by atoms with Gasteiger partial charge in [-0.2, -0.15) is 0 Å². The molecule has 0 aromatic rings. The first-order chi connectivity index (χ1) is 8.81. The third-order valence-electron chi connectivity index (χ3n) is 2.98. The molecule has 1 atom stereocenters. The molecule has 3 nitrogen and oxygen atoms in total. The van der Waals surface area contributed by atoms with Crippen LogP contribution in [0.25, 0.3) is 0 Å². The van der Waals surface area contributed by atoms with Crippen LogP contribution in [-0.2, 0) is 13.6 Å². The van der Waals surface area contributed by atoms with Gasteiger partial charge in [-0.15, -0.1) is 0 Å². The molecule has 18 heavy (non-hydrogen) atoms. The van der Waals surface area contributed by atoms with Crippen LogP contribution in [0.2, 0.25) is 0 Å². The summed E-state index contributed by atoms with van der Waals surface area (Å²) >= 11 is 0. The SMILES string of the molecule is CCCCCCCCCCCCO[PH](=O)OCC. The molecule has 0 saturated heterocycles. The average Bonchev–Trinajstić information content (AvgIpc) is 2.36. The molecule has 0 radical (unpaired) electrons. The van der Waals surface area contributed by atoms with Crippen molar-refractivity contribution in [1.82, 2.24) is 0 Å². The van der Waals surface area contributed by atoms with Crippen molar-refractivity contribution in [3.05, 3.63) is 0 Å². The van der Waals surface area contributed by atoms with Gasteiger partial charge in [0.25, 0.3) is 0 Å². The number of rotatable bonds is 14. The quantitative estimate of drug-likeness (QED) is 0.317. The van der Waals surface area contributed by atoms with E-state index in [2.05, 4.69) is 6.92 Å². The molecule has 110 valence electrons. The van der Waals surface area contributed by atoms with E-state index in [9.17, 15) is 4.57 Å². The van der Waals surface area contributed by atoms with E-state index in [1.54, 1.807) is 0 Å². The van der Waals surface area contributed by atoms with Crippen LogP contribution in [0.5, 0.6) is 0 Å². The molecule has 4 heteroatoms. The Morgan fingerprint density at radius 1 is 0.722 bits per heavy atom. The van der Waals surface area contributed by atoms with E-state index in [4.69, 9.17) is 9.05 Å². The molecule has 0 bridgehead atoms. The van der Waals surface area contributed by atoms with Gasteiger partial charge >= 0.3 is 8.25 Å². The molecule has 0 amide bonds. The summed E-state index contributed by atoms with van der Waals surface area (Å²) in [5, 5.41) is 0.